The lowest BCUT2D eigenvalue weighted by Crippen LogP contribution is -2.15. The van der Waals surface area contributed by atoms with Crippen molar-refractivity contribution < 1.29 is 4.21 Å². The average Bonchev–Trinajstić information content (AvgIpc) is 2.50. The molecule has 21 heavy (non-hydrogen) atoms. The number of hydrogen-bond acceptors (Lipinski definition) is 1. The Hall–Kier alpha value is -1.61. The van der Waals surface area contributed by atoms with Crippen LogP contribution in [0.15, 0.2) is 66.2 Å². The van der Waals surface area contributed by atoms with Crippen LogP contribution in [0.1, 0.15) is 39.7 Å². The smallest absolute Gasteiger partial charge is 0.150 e. The summed E-state index contributed by atoms with van der Waals surface area (Å²) in [6.45, 7) is 17.4. The highest BCUT2D eigenvalue weighted by Crippen LogP contribution is 2.08. The molecule has 0 spiro atoms. The number of allylic oxidation sites excluding steroid dienone is 3. The molecule has 0 aliphatic heterocycles. The van der Waals surface area contributed by atoms with Gasteiger partial charge in [0.15, 0.2) is 0 Å². The SMILES string of the molecule is C=C/C=C(\C=C)NS(=O)c1ccc(C)cc1.CC.CCC. The number of aryl methyl sites for hydroxylation is 1. The van der Waals surface area contributed by atoms with Crippen LogP contribution in [0.5, 0.6) is 0 Å². The Bertz CT molecular complexity index is 447. The van der Waals surface area contributed by atoms with Gasteiger partial charge in [0.1, 0.15) is 11.0 Å². The minimum atomic E-state index is -1.26. The van der Waals surface area contributed by atoms with E-state index in [1.165, 1.54) is 6.42 Å². The highest BCUT2D eigenvalue weighted by molar-refractivity contribution is 7.83. The van der Waals surface area contributed by atoms with E-state index in [9.17, 15) is 4.21 Å². The van der Waals surface area contributed by atoms with Crippen LogP contribution in [0, 0.1) is 6.92 Å². The van der Waals surface area contributed by atoms with E-state index in [0.29, 0.717) is 5.70 Å². The molecule has 0 aliphatic carbocycles. The van der Waals surface area contributed by atoms with Crippen molar-refractivity contribution in [3.63, 3.8) is 0 Å². The summed E-state index contributed by atoms with van der Waals surface area (Å²) in [6.07, 6.45) is 6.20. The molecule has 0 heterocycles. The van der Waals surface area contributed by atoms with E-state index in [2.05, 4.69) is 31.7 Å². The van der Waals surface area contributed by atoms with E-state index in [1.807, 2.05) is 45.0 Å². The van der Waals surface area contributed by atoms with E-state index in [0.717, 1.165) is 10.5 Å². The molecule has 0 saturated heterocycles. The van der Waals surface area contributed by atoms with Gasteiger partial charge in [-0.3, -0.25) is 0 Å². The first-order valence-corrected chi connectivity index (χ1v) is 8.44. The van der Waals surface area contributed by atoms with Crippen molar-refractivity contribution in [2.45, 2.75) is 45.9 Å². The van der Waals surface area contributed by atoms with Crippen LogP contribution < -0.4 is 4.72 Å². The monoisotopic (exact) mass is 307 g/mol. The van der Waals surface area contributed by atoms with Gasteiger partial charge in [-0.25, -0.2) is 4.21 Å². The van der Waals surface area contributed by atoms with E-state index >= 15 is 0 Å². The maximum absolute atomic E-state index is 11.9. The Balaban J connectivity index is 0. The second-order valence-electron chi connectivity index (χ2n) is 3.95. The summed E-state index contributed by atoms with van der Waals surface area (Å²) < 4.78 is 14.7. The lowest BCUT2D eigenvalue weighted by atomic mass is 10.2. The first kappa shape index (κ1) is 21.7. The maximum atomic E-state index is 11.9. The molecule has 1 unspecified atom stereocenters. The first-order chi connectivity index (χ1) is 10.1. The van der Waals surface area contributed by atoms with Gasteiger partial charge in [0.2, 0.25) is 0 Å². The molecule has 0 amide bonds. The Morgan fingerprint density at radius 2 is 1.67 bits per heavy atom. The van der Waals surface area contributed by atoms with Gasteiger partial charge >= 0.3 is 0 Å². The van der Waals surface area contributed by atoms with Crippen LogP contribution in [0.25, 0.3) is 0 Å². The number of nitrogens with one attached hydrogen (secondary N) is 1. The van der Waals surface area contributed by atoms with Crippen LogP contribution in [0.4, 0.5) is 0 Å². The summed E-state index contributed by atoms with van der Waals surface area (Å²) in [5, 5.41) is 0. The Labute approximate surface area is 133 Å². The van der Waals surface area contributed by atoms with Gasteiger partial charge in [-0.2, -0.15) is 0 Å². The highest BCUT2D eigenvalue weighted by atomic mass is 32.2. The van der Waals surface area contributed by atoms with Gasteiger partial charge in [-0.1, -0.05) is 71.0 Å². The van der Waals surface area contributed by atoms with Gasteiger partial charge in [0.25, 0.3) is 0 Å². The summed E-state index contributed by atoms with van der Waals surface area (Å²) in [6, 6.07) is 7.54. The molecule has 1 rings (SSSR count). The van der Waals surface area contributed by atoms with Gasteiger partial charge in [0, 0.05) is 5.70 Å². The normalized spacial score (nSPS) is 11.0. The van der Waals surface area contributed by atoms with Crippen molar-refractivity contribution in [1.82, 2.24) is 4.72 Å². The minimum Gasteiger partial charge on any atom is -0.301 e. The fraction of sp³-hybridized carbons (Fsp3) is 0.333. The van der Waals surface area contributed by atoms with Crippen LogP contribution >= 0.6 is 0 Å². The summed E-state index contributed by atoms with van der Waals surface area (Å²) >= 11 is 0. The second-order valence-corrected chi connectivity index (χ2v) is 5.17. The first-order valence-electron chi connectivity index (χ1n) is 7.29. The molecule has 0 aromatic heterocycles. The molecule has 0 aliphatic rings. The molecule has 118 valence electrons. The largest absolute Gasteiger partial charge is 0.301 e. The van der Waals surface area contributed by atoms with Crippen LogP contribution in [-0.2, 0) is 11.0 Å². The number of hydrogen-bond donors (Lipinski definition) is 1. The maximum Gasteiger partial charge on any atom is 0.150 e. The van der Waals surface area contributed by atoms with Crippen molar-refractivity contribution in [2.24, 2.45) is 0 Å². The van der Waals surface area contributed by atoms with Crippen molar-refractivity contribution in [3.05, 3.63) is 66.9 Å². The minimum absolute atomic E-state index is 0.689. The lowest BCUT2D eigenvalue weighted by molar-refractivity contribution is 0.678. The predicted octanol–water partition coefficient (Wildman–Crippen LogP) is 5.31. The molecule has 1 aromatic carbocycles. The zero-order valence-electron chi connectivity index (χ0n) is 14.0. The van der Waals surface area contributed by atoms with Crippen LogP contribution in [0.3, 0.4) is 0 Å². The second kappa shape index (κ2) is 14.8. The van der Waals surface area contributed by atoms with Crippen molar-refractivity contribution in [1.29, 1.82) is 0 Å². The Morgan fingerprint density at radius 3 is 2.05 bits per heavy atom. The molecule has 1 aromatic rings. The Kier molecular flexibility index (Phi) is 15.3. The summed E-state index contributed by atoms with van der Waals surface area (Å²) in [5.41, 5.74) is 1.83. The molecule has 3 heteroatoms. The third kappa shape index (κ3) is 10.8. The summed E-state index contributed by atoms with van der Waals surface area (Å²) in [7, 11) is -1.26. The molecule has 1 N–H and O–H groups in total. The zero-order valence-corrected chi connectivity index (χ0v) is 14.8. The van der Waals surface area contributed by atoms with Crippen LogP contribution in [-0.4, -0.2) is 4.21 Å². The van der Waals surface area contributed by atoms with E-state index < -0.39 is 11.0 Å². The molecular weight excluding hydrogens is 278 g/mol. The molecule has 0 bridgehead atoms. The molecule has 0 saturated carbocycles. The highest BCUT2D eigenvalue weighted by Gasteiger charge is 2.02. The molecule has 1 atom stereocenters. The average molecular weight is 308 g/mol. The quantitative estimate of drug-likeness (QED) is 0.734. The third-order valence-corrected chi connectivity index (χ3v) is 3.08. The van der Waals surface area contributed by atoms with Crippen molar-refractivity contribution in [2.75, 3.05) is 0 Å². The van der Waals surface area contributed by atoms with Crippen LogP contribution in [0.2, 0.25) is 0 Å². The number of rotatable bonds is 5. The zero-order chi connectivity index (χ0) is 16.7. The fourth-order valence-electron chi connectivity index (χ4n) is 1.10. The van der Waals surface area contributed by atoms with Gasteiger partial charge in [-0.15, -0.1) is 0 Å². The molecular formula is C18H29NOS. The molecule has 0 radical (unpaired) electrons. The Morgan fingerprint density at radius 1 is 1.19 bits per heavy atom. The molecule has 2 nitrogen and oxygen atoms in total. The van der Waals surface area contributed by atoms with E-state index in [1.54, 1.807) is 18.2 Å². The van der Waals surface area contributed by atoms with Crippen molar-refractivity contribution in [3.8, 4) is 0 Å². The van der Waals surface area contributed by atoms with E-state index in [4.69, 9.17) is 0 Å². The predicted molar refractivity (Wildman–Crippen MR) is 96.5 cm³/mol. The van der Waals surface area contributed by atoms with Gasteiger partial charge < -0.3 is 4.72 Å². The van der Waals surface area contributed by atoms with Crippen molar-refractivity contribution >= 4 is 11.0 Å². The summed E-state index contributed by atoms with van der Waals surface area (Å²) in [4.78, 5) is 0.738. The summed E-state index contributed by atoms with van der Waals surface area (Å²) in [5.74, 6) is 0. The van der Waals surface area contributed by atoms with E-state index in [-0.39, 0.29) is 0 Å². The third-order valence-electron chi connectivity index (χ3n) is 1.96. The molecule has 0 fully saturated rings. The lowest BCUT2D eigenvalue weighted by Gasteiger charge is -2.06. The fourth-order valence-corrected chi connectivity index (χ4v) is 1.97. The van der Waals surface area contributed by atoms with Gasteiger partial charge in [0.05, 0.1) is 4.90 Å². The van der Waals surface area contributed by atoms with Gasteiger partial charge in [-0.05, 0) is 31.2 Å². The standard InChI is InChI=1S/C13H15NOS.C3H8.C2H6/c1-4-6-12(5-2)14-16(15)13-9-7-11(3)8-10-13;1-3-2;1-2/h4-10,14H,1-2H2,3H3;3H2,1-2H3;1-2H3/b12-6+;;. The number of benzene rings is 1. The topological polar surface area (TPSA) is 29.1 Å².